The van der Waals surface area contributed by atoms with Gasteiger partial charge >= 0.3 is 0 Å². The Balaban J connectivity index is 0.00000182. The molecule has 0 spiro atoms. The summed E-state index contributed by atoms with van der Waals surface area (Å²) in [6.45, 7) is 2.56. The standard InChI is InChI=1S/C17H24N4O3.HI/c1-18-17(20-8-16(22)19-7-11-3-2-6-23-11)21-9-12-13(10-21)15-5-4-14(12)24-15;/h2-3,6,12-15H,4-5,7-10H2,1H3,(H,18,20)(H,19,22);1H. The number of hydrogen-bond donors (Lipinski definition) is 2. The molecule has 138 valence electrons. The Morgan fingerprint density at radius 3 is 2.60 bits per heavy atom. The second-order valence-corrected chi connectivity index (χ2v) is 6.78. The van der Waals surface area contributed by atoms with Gasteiger partial charge in [0.15, 0.2) is 5.96 Å². The largest absolute Gasteiger partial charge is 0.467 e. The van der Waals surface area contributed by atoms with Crippen LogP contribution >= 0.6 is 24.0 Å². The summed E-state index contributed by atoms with van der Waals surface area (Å²) in [6.07, 6.45) is 4.85. The van der Waals surface area contributed by atoms with E-state index in [-0.39, 0.29) is 36.4 Å². The lowest BCUT2D eigenvalue weighted by molar-refractivity contribution is -0.120. The maximum Gasteiger partial charge on any atom is 0.239 e. The Bertz CT molecular complexity index is 603. The smallest absolute Gasteiger partial charge is 0.239 e. The average Bonchev–Trinajstić information content (AvgIpc) is 3.34. The Labute approximate surface area is 164 Å². The zero-order valence-electron chi connectivity index (χ0n) is 14.3. The number of halogens is 1. The predicted octanol–water partition coefficient (Wildman–Crippen LogP) is 1.20. The molecule has 3 saturated heterocycles. The third-order valence-corrected chi connectivity index (χ3v) is 5.41. The van der Waals surface area contributed by atoms with Gasteiger partial charge in [-0.25, -0.2) is 0 Å². The van der Waals surface area contributed by atoms with Crippen molar-refractivity contribution in [3.63, 3.8) is 0 Å². The van der Waals surface area contributed by atoms with E-state index in [1.54, 1.807) is 13.3 Å². The predicted molar refractivity (Wildman–Crippen MR) is 104 cm³/mol. The van der Waals surface area contributed by atoms with Gasteiger partial charge in [-0.3, -0.25) is 9.79 Å². The maximum atomic E-state index is 12.0. The normalized spacial score (nSPS) is 30.1. The molecule has 1 aromatic heterocycles. The van der Waals surface area contributed by atoms with E-state index in [1.165, 1.54) is 12.8 Å². The molecule has 8 heteroatoms. The Morgan fingerprint density at radius 2 is 2.00 bits per heavy atom. The number of amides is 1. The summed E-state index contributed by atoms with van der Waals surface area (Å²) in [5.74, 6) is 2.72. The van der Waals surface area contributed by atoms with Gasteiger partial charge in [0.25, 0.3) is 0 Å². The van der Waals surface area contributed by atoms with Crippen molar-refractivity contribution >= 4 is 35.8 Å². The number of hydrogen-bond acceptors (Lipinski definition) is 4. The van der Waals surface area contributed by atoms with E-state index in [4.69, 9.17) is 9.15 Å². The molecule has 1 aromatic rings. The Morgan fingerprint density at radius 1 is 1.28 bits per heavy atom. The molecule has 0 aromatic carbocycles. The highest BCUT2D eigenvalue weighted by Crippen LogP contribution is 2.47. The van der Waals surface area contributed by atoms with E-state index in [0.717, 1.165) is 24.8 Å². The van der Waals surface area contributed by atoms with Crippen LogP contribution in [0.3, 0.4) is 0 Å². The van der Waals surface area contributed by atoms with Gasteiger partial charge < -0.3 is 24.7 Å². The number of furan rings is 1. The van der Waals surface area contributed by atoms with E-state index in [9.17, 15) is 4.79 Å². The van der Waals surface area contributed by atoms with Crippen LogP contribution in [-0.4, -0.2) is 55.7 Å². The van der Waals surface area contributed by atoms with E-state index in [0.29, 0.717) is 30.6 Å². The van der Waals surface area contributed by atoms with Gasteiger partial charge in [-0.1, -0.05) is 0 Å². The second kappa shape index (κ2) is 7.94. The van der Waals surface area contributed by atoms with Gasteiger partial charge in [-0.05, 0) is 25.0 Å². The van der Waals surface area contributed by atoms with Gasteiger partial charge in [0.05, 0.1) is 31.6 Å². The van der Waals surface area contributed by atoms with Crippen LogP contribution < -0.4 is 10.6 Å². The topological polar surface area (TPSA) is 79.1 Å². The summed E-state index contributed by atoms with van der Waals surface area (Å²) >= 11 is 0. The Kier molecular flexibility index (Phi) is 5.88. The highest BCUT2D eigenvalue weighted by Gasteiger charge is 2.53. The van der Waals surface area contributed by atoms with Crippen molar-refractivity contribution in [3.8, 4) is 0 Å². The van der Waals surface area contributed by atoms with E-state index >= 15 is 0 Å². The van der Waals surface area contributed by atoms with Crippen LogP contribution in [0.2, 0.25) is 0 Å². The summed E-state index contributed by atoms with van der Waals surface area (Å²) in [5.41, 5.74) is 0. The van der Waals surface area contributed by atoms with Crippen LogP contribution in [0.25, 0.3) is 0 Å². The number of guanidine groups is 1. The number of likely N-dealkylation sites (tertiary alicyclic amines) is 1. The first-order chi connectivity index (χ1) is 11.7. The molecule has 2 bridgehead atoms. The number of rotatable bonds is 4. The lowest BCUT2D eigenvalue weighted by atomic mass is 9.82. The number of carbonyl (C=O) groups is 1. The van der Waals surface area contributed by atoms with E-state index < -0.39 is 0 Å². The first-order valence-electron chi connectivity index (χ1n) is 8.64. The van der Waals surface area contributed by atoms with Crippen LogP contribution in [0.4, 0.5) is 0 Å². The molecule has 0 saturated carbocycles. The molecule has 4 unspecified atom stereocenters. The van der Waals surface area contributed by atoms with E-state index in [1.807, 2.05) is 12.1 Å². The van der Waals surface area contributed by atoms with Crippen molar-refractivity contribution < 1.29 is 13.9 Å². The Hall–Kier alpha value is -1.29. The molecule has 3 aliphatic rings. The third kappa shape index (κ3) is 3.79. The summed E-state index contributed by atoms with van der Waals surface area (Å²) < 4.78 is 11.2. The summed E-state index contributed by atoms with van der Waals surface area (Å²) in [5, 5.41) is 6.00. The van der Waals surface area contributed by atoms with Crippen LogP contribution in [0.1, 0.15) is 18.6 Å². The SMILES string of the molecule is CN=C(NCC(=O)NCc1ccco1)N1CC2C3CCC(O3)C2C1.I. The van der Waals surface area contributed by atoms with Crippen molar-refractivity contribution in [2.24, 2.45) is 16.8 Å². The fourth-order valence-electron chi connectivity index (χ4n) is 4.29. The molecule has 4 atom stereocenters. The number of carbonyl (C=O) groups excluding carboxylic acids is 1. The number of nitrogens with zero attached hydrogens (tertiary/aromatic N) is 2. The molecule has 1 amide bonds. The molecular formula is C17H25IN4O3. The quantitative estimate of drug-likeness (QED) is 0.401. The van der Waals surface area contributed by atoms with Crippen LogP contribution in [0, 0.1) is 11.8 Å². The van der Waals surface area contributed by atoms with Crippen molar-refractivity contribution in [2.45, 2.75) is 31.6 Å². The van der Waals surface area contributed by atoms with Gasteiger partial charge in [-0.2, -0.15) is 0 Å². The van der Waals surface area contributed by atoms with Crippen molar-refractivity contribution in [1.29, 1.82) is 0 Å². The van der Waals surface area contributed by atoms with E-state index in [2.05, 4.69) is 20.5 Å². The number of fused-ring (bicyclic) bond motifs is 5. The lowest BCUT2D eigenvalue weighted by Crippen LogP contribution is -2.45. The number of ether oxygens (including phenoxy) is 1. The van der Waals surface area contributed by atoms with Gasteiger partial charge in [0, 0.05) is 32.0 Å². The second-order valence-electron chi connectivity index (χ2n) is 6.78. The third-order valence-electron chi connectivity index (χ3n) is 5.41. The zero-order chi connectivity index (χ0) is 16.5. The number of nitrogens with one attached hydrogen (secondary N) is 2. The zero-order valence-corrected chi connectivity index (χ0v) is 16.6. The molecule has 4 heterocycles. The molecule has 4 rings (SSSR count). The van der Waals surface area contributed by atoms with Gasteiger partial charge in [-0.15, -0.1) is 24.0 Å². The molecule has 25 heavy (non-hydrogen) atoms. The minimum absolute atomic E-state index is 0. The van der Waals surface area contributed by atoms with Crippen molar-refractivity contribution in [3.05, 3.63) is 24.2 Å². The fourth-order valence-corrected chi connectivity index (χ4v) is 4.29. The average molecular weight is 460 g/mol. The number of aliphatic imine (C=N–C) groups is 1. The molecule has 0 aliphatic carbocycles. The minimum Gasteiger partial charge on any atom is -0.467 e. The summed E-state index contributed by atoms with van der Waals surface area (Å²) in [6, 6.07) is 3.65. The van der Waals surface area contributed by atoms with Gasteiger partial charge in [0.1, 0.15) is 5.76 Å². The molecule has 2 N–H and O–H groups in total. The summed E-state index contributed by atoms with van der Waals surface area (Å²) in [7, 11) is 1.77. The molecule has 7 nitrogen and oxygen atoms in total. The van der Waals surface area contributed by atoms with Crippen molar-refractivity contribution in [1.82, 2.24) is 15.5 Å². The van der Waals surface area contributed by atoms with Crippen LogP contribution in [-0.2, 0) is 16.1 Å². The molecule has 3 aliphatic heterocycles. The fraction of sp³-hybridized carbons (Fsp3) is 0.647. The van der Waals surface area contributed by atoms with Crippen molar-refractivity contribution in [2.75, 3.05) is 26.7 Å². The van der Waals surface area contributed by atoms with Crippen LogP contribution in [0.5, 0.6) is 0 Å². The highest BCUT2D eigenvalue weighted by molar-refractivity contribution is 14.0. The first kappa shape index (κ1) is 18.5. The molecule has 3 fully saturated rings. The lowest BCUT2D eigenvalue weighted by Gasteiger charge is -2.23. The van der Waals surface area contributed by atoms with Crippen LogP contribution in [0.15, 0.2) is 27.8 Å². The summed E-state index contributed by atoms with van der Waals surface area (Å²) in [4.78, 5) is 18.6. The monoisotopic (exact) mass is 460 g/mol. The van der Waals surface area contributed by atoms with Gasteiger partial charge in [0.2, 0.25) is 5.91 Å². The minimum atomic E-state index is -0.0738. The maximum absolute atomic E-state index is 12.0. The molecular weight excluding hydrogens is 435 g/mol. The first-order valence-corrected chi connectivity index (χ1v) is 8.64. The highest BCUT2D eigenvalue weighted by atomic mass is 127. The molecule has 0 radical (unpaired) electrons.